The molecule has 0 radical (unpaired) electrons. The molecule has 0 aliphatic carbocycles. The van der Waals surface area contributed by atoms with E-state index in [9.17, 15) is 13.2 Å². The highest BCUT2D eigenvalue weighted by molar-refractivity contribution is 7.92. The number of anilines is 1. The number of benzene rings is 1. The van der Waals surface area contributed by atoms with Crippen LogP contribution in [-0.4, -0.2) is 25.6 Å². The quantitative estimate of drug-likeness (QED) is 0.646. The van der Waals surface area contributed by atoms with Crippen molar-refractivity contribution in [1.82, 2.24) is 4.98 Å². The monoisotopic (exact) mass is 394 g/mol. The van der Waals surface area contributed by atoms with E-state index < -0.39 is 16.0 Å². The smallest absolute Gasteiger partial charge is 0.340 e. The fourth-order valence-corrected chi connectivity index (χ4v) is 4.15. The molecule has 0 unspecified atom stereocenters. The molecule has 0 aliphatic heterocycles. The number of hydrogen-bond acceptors (Lipinski definition) is 7. The number of ether oxygens (including phenoxy) is 1. The average Bonchev–Trinajstić information content (AvgIpc) is 3.23. The third-order valence-corrected chi connectivity index (χ3v) is 5.33. The number of esters is 1. The molecule has 0 fully saturated rings. The summed E-state index contributed by atoms with van der Waals surface area (Å²) in [5.41, 5.74) is 2.02. The van der Waals surface area contributed by atoms with Gasteiger partial charge in [0.2, 0.25) is 10.0 Å². The van der Waals surface area contributed by atoms with Crippen molar-refractivity contribution in [2.75, 3.05) is 11.0 Å². The molecule has 1 aromatic carbocycles. The third-order valence-electron chi connectivity index (χ3n) is 3.11. The fraction of sp³-hybridized carbons (Fsp3) is 0.125. The molecular formula is C16H14N2O4S3. The predicted octanol–water partition coefficient (Wildman–Crippen LogP) is 3.60. The first-order valence-electron chi connectivity index (χ1n) is 7.13. The first kappa shape index (κ1) is 17.6. The predicted molar refractivity (Wildman–Crippen MR) is 99.5 cm³/mol. The van der Waals surface area contributed by atoms with Gasteiger partial charge in [-0.05, 0) is 23.6 Å². The van der Waals surface area contributed by atoms with Gasteiger partial charge in [-0.3, -0.25) is 4.72 Å². The Morgan fingerprint density at radius 1 is 1.24 bits per heavy atom. The zero-order chi connectivity index (χ0) is 17.9. The minimum absolute atomic E-state index is 0.0205. The minimum atomic E-state index is -3.49. The van der Waals surface area contributed by atoms with E-state index in [0.717, 1.165) is 16.8 Å². The maximum atomic E-state index is 12.3. The van der Waals surface area contributed by atoms with E-state index in [0.29, 0.717) is 5.69 Å². The second-order valence-corrected chi connectivity index (χ2v) is 8.54. The van der Waals surface area contributed by atoms with Gasteiger partial charge in [0.25, 0.3) is 0 Å². The second-order valence-electron chi connectivity index (χ2n) is 5.15. The Morgan fingerprint density at radius 2 is 2.04 bits per heavy atom. The van der Waals surface area contributed by atoms with Crippen LogP contribution in [0.5, 0.6) is 0 Å². The highest BCUT2D eigenvalue weighted by Gasteiger charge is 2.16. The van der Waals surface area contributed by atoms with Crippen LogP contribution in [0.25, 0.3) is 10.6 Å². The highest BCUT2D eigenvalue weighted by atomic mass is 32.2. The lowest BCUT2D eigenvalue weighted by Crippen LogP contribution is -2.14. The molecule has 6 nitrogen and oxygen atoms in total. The minimum Gasteiger partial charge on any atom is -0.455 e. The normalized spacial score (nSPS) is 11.2. The largest absolute Gasteiger partial charge is 0.455 e. The van der Waals surface area contributed by atoms with Crippen molar-refractivity contribution in [2.45, 2.75) is 6.61 Å². The van der Waals surface area contributed by atoms with Gasteiger partial charge >= 0.3 is 5.97 Å². The maximum absolute atomic E-state index is 12.3. The van der Waals surface area contributed by atoms with Gasteiger partial charge in [-0.1, -0.05) is 12.1 Å². The molecule has 0 bridgehead atoms. The summed E-state index contributed by atoms with van der Waals surface area (Å²) in [5, 5.41) is 6.68. The first-order valence-corrected chi connectivity index (χ1v) is 10.8. The number of sulfonamides is 1. The molecule has 2 aromatic heterocycles. The number of rotatable bonds is 6. The Balaban J connectivity index is 1.69. The SMILES string of the molecule is CS(=O)(=O)Nc1ccccc1C(=O)OCc1csc(-c2ccsc2)n1. The summed E-state index contributed by atoms with van der Waals surface area (Å²) >= 11 is 3.07. The molecule has 0 saturated heterocycles. The maximum Gasteiger partial charge on any atom is 0.340 e. The average molecular weight is 394 g/mol. The van der Waals surface area contributed by atoms with Crippen molar-refractivity contribution in [3.63, 3.8) is 0 Å². The van der Waals surface area contributed by atoms with Crippen LogP contribution in [0.4, 0.5) is 5.69 Å². The molecule has 130 valence electrons. The molecule has 9 heteroatoms. The van der Waals surface area contributed by atoms with Gasteiger partial charge in [0, 0.05) is 16.3 Å². The number of thiophene rings is 1. The van der Waals surface area contributed by atoms with Crippen LogP contribution < -0.4 is 4.72 Å². The topological polar surface area (TPSA) is 85.4 Å². The number of carbonyl (C=O) groups is 1. The van der Waals surface area contributed by atoms with Gasteiger partial charge in [0.15, 0.2) is 0 Å². The van der Waals surface area contributed by atoms with Gasteiger partial charge in [-0.25, -0.2) is 18.2 Å². The van der Waals surface area contributed by atoms with E-state index in [-0.39, 0.29) is 17.9 Å². The molecule has 2 heterocycles. The van der Waals surface area contributed by atoms with Crippen LogP contribution in [-0.2, 0) is 21.4 Å². The van der Waals surface area contributed by atoms with E-state index in [1.165, 1.54) is 23.5 Å². The lowest BCUT2D eigenvalue weighted by atomic mass is 10.2. The molecular weight excluding hydrogens is 380 g/mol. The van der Waals surface area contributed by atoms with Gasteiger partial charge < -0.3 is 4.74 Å². The lowest BCUT2D eigenvalue weighted by molar-refractivity contribution is 0.0470. The van der Waals surface area contributed by atoms with Crippen molar-refractivity contribution >= 4 is 44.4 Å². The molecule has 0 atom stereocenters. The van der Waals surface area contributed by atoms with E-state index >= 15 is 0 Å². The number of thiazole rings is 1. The van der Waals surface area contributed by atoms with Crippen molar-refractivity contribution in [3.8, 4) is 10.6 Å². The summed E-state index contributed by atoms with van der Waals surface area (Å²) in [5.74, 6) is -0.614. The summed E-state index contributed by atoms with van der Waals surface area (Å²) in [4.78, 5) is 16.7. The number of para-hydroxylation sites is 1. The van der Waals surface area contributed by atoms with Crippen LogP contribution in [0.2, 0.25) is 0 Å². The van der Waals surface area contributed by atoms with E-state index in [1.54, 1.807) is 23.5 Å². The Bertz CT molecular complexity index is 978. The Hall–Kier alpha value is -2.23. The molecule has 0 aliphatic rings. The van der Waals surface area contributed by atoms with Crippen LogP contribution in [0.3, 0.4) is 0 Å². The summed E-state index contributed by atoms with van der Waals surface area (Å²) in [6.45, 7) is 0.0205. The van der Waals surface area contributed by atoms with Gasteiger partial charge in [-0.2, -0.15) is 11.3 Å². The Morgan fingerprint density at radius 3 is 2.76 bits per heavy atom. The molecule has 0 saturated carbocycles. The van der Waals surface area contributed by atoms with Crippen LogP contribution >= 0.6 is 22.7 Å². The van der Waals surface area contributed by atoms with E-state index in [4.69, 9.17) is 4.74 Å². The van der Waals surface area contributed by atoms with E-state index in [1.807, 2.05) is 22.2 Å². The van der Waals surface area contributed by atoms with Crippen molar-refractivity contribution in [2.24, 2.45) is 0 Å². The van der Waals surface area contributed by atoms with Gasteiger partial charge in [0.1, 0.15) is 11.6 Å². The van der Waals surface area contributed by atoms with Gasteiger partial charge in [0.05, 0.1) is 23.2 Å². The summed E-state index contributed by atoms with van der Waals surface area (Å²) in [6, 6.07) is 8.27. The van der Waals surface area contributed by atoms with Crippen molar-refractivity contribution in [1.29, 1.82) is 0 Å². The second kappa shape index (κ2) is 7.34. The molecule has 0 spiro atoms. The summed E-state index contributed by atoms with van der Waals surface area (Å²) in [6.07, 6.45) is 1.02. The lowest BCUT2D eigenvalue weighted by Gasteiger charge is -2.09. The van der Waals surface area contributed by atoms with Gasteiger partial charge in [-0.15, -0.1) is 11.3 Å². The van der Waals surface area contributed by atoms with Crippen LogP contribution in [0.1, 0.15) is 16.1 Å². The number of nitrogens with one attached hydrogen (secondary N) is 1. The zero-order valence-corrected chi connectivity index (χ0v) is 15.6. The van der Waals surface area contributed by atoms with Crippen LogP contribution in [0.15, 0.2) is 46.5 Å². The highest BCUT2D eigenvalue weighted by Crippen LogP contribution is 2.26. The molecule has 3 aromatic rings. The zero-order valence-electron chi connectivity index (χ0n) is 13.1. The summed E-state index contributed by atoms with van der Waals surface area (Å²) < 4.78 is 30.4. The van der Waals surface area contributed by atoms with Crippen molar-refractivity contribution in [3.05, 3.63) is 57.7 Å². The summed E-state index contributed by atoms with van der Waals surface area (Å²) in [7, 11) is -3.49. The number of nitrogens with zero attached hydrogens (tertiary/aromatic N) is 1. The molecule has 3 rings (SSSR count). The number of carbonyl (C=O) groups excluding carboxylic acids is 1. The standard InChI is InChI=1S/C16H14N2O4S3/c1-25(20,21)18-14-5-3-2-4-13(14)16(19)22-8-12-10-24-15(17-12)11-6-7-23-9-11/h2-7,9-10,18H,8H2,1H3. The first-order chi connectivity index (χ1) is 11.9. The number of aromatic nitrogens is 1. The Labute approximate surface area is 153 Å². The number of hydrogen-bond donors (Lipinski definition) is 1. The third kappa shape index (κ3) is 4.65. The molecule has 0 amide bonds. The van der Waals surface area contributed by atoms with Crippen molar-refractivity contribution < 1.29 is 17.9 Å². The Kier molecular flexibility index (Phi) is 5.16. The van der Waals surface area contributed by atoms with Crippen LogP contribution in [0, 0.1) is 0 Å². The molecule has 1 N–H and O–H groups in total. The molecule has 25 heavy (non-hydrogen) atoms. The van der Waals surface area contributed by atoms with E-state index in [2.05, 4.69) is 9.71 Å². The fourth-order valence-electron chi connectivity index (χ4n) is 2.06.